The molecule has 0 aliphatic rings. The number of hydrogen-bond acceptors (Lipinski definition) is 3. The van der Waals surface area contributed by atoms with Gasteiger partial charge < -0.3 is 15.3 Å². The second-order valence-corrected chi connectivity index (χ2v) is 5.10. The van der Waals surface area contributed by atoms with E-state index in [0.717, 1.165) is 0 Å². The van der Waals surface area contributed by atoms with Gasteiger partial charge in [0.15, 0.2) is 0 Å². The Balaban J connectivity index is 2.47. The number of rotatable bonds is 6. The van der Waals surface area contributed by atoms with E-state index in [9.17, 15) is 14.7 Å². The Kier molecular flexibility index (Phi) is 6.18. The van der Waals surface area contributed by atoms with Gasteiger partial charge in [0.1, 0.15) is 0 Å². The molecule has 2 amide bonds. The van der Waals surface area contributed by atoms with Gasteiger partial charge >= 0.3 is 0 Å². The summed E-state index contributed by atoms with van der Waals surface area (Å²) in [5.74, 6) is -0.467. The molecule has 0 heterocycles. The van der Waals surface area contributed by atoms with Crippen molar-refractivity contribution in [3.8, 4) is 0 Å². The monoisotopic (exact) mass is 278 g/mol. The van der Waals surface area contributed by atoms with Crippen LogP contribution < -0.4 is 5.32 Å². The van der Waals surface area contributed by atoms with Crippen LogP contribution in [0.15, 0.2) is 30.3 Å². The lowest BCUT2D eigenvalue weighted by Gasteiger charge is -2.19. The van der Waals surface area contributed by atoms with Gasteiger partial charge in [0.25, 0.3) is 0 Å². The van der Waals surface area contributed by atoms with E-state index in [0.29, 0.717) is 5.56 Å². The first-order valence-corrected chi connectivity index (χ1v) is 6.66. The molecule has 1 rings (SSSR count). The van der Waals surface area contributed by atoms with E-state index in [-0.39, 0.29) is 30.8 Å². The molecular weight excluding hydrogens is 256 g/mol. The van der Waals surface area contributed by atoms with Gasteiger partial charge in [-0.3, -0.25) is 9.59 Å². The number of benzene rings is 1. The van der Waals surface area contributed by atoms with Crippen molar-refractivity contribution in [3.63, 3.8) is 0 Å². The summed E-state index contributed by atoms with van der Waals surface area (Å²) in [6.45, 7) is 3.72. The van der Waals surface area contributed by atoms with Gasteiger partial charge in [-0.25, -0.2) is 0 Å². The van der Waals surface area contributed by atoms with Crippen LogP contribution in [0.1, 0.15) is 31.9 Å². The predicted octanol–water partition coefficient (Wildman–Crippen LogP) is 1.09. The second-order valence-electron chi connectivity index (χ2n) is 5.10. The van der Waals surface area contributed by atoms with Gasteiger partial charge in [0.2, 0.25) is 11.8 Å². The molecule has 0 aromatic heterocycles. The minimum absolute atomic E-state index is 0.00147. The molecule has 0 bridgehead atoms. The summed E-state index contributed by atoms with van der Waals surface area (Å²) in [6.07, 6.45) is -0.880. The summed E-state index contributed by atoms with van der Waals surface area (Å²) < 4.78 is 0. The topological polar surface area (TPSA) is 69.6 Å². The summed E-state index contributed by atoms with van der Waals surface area (Å²) in [5, 5.41) is 12.7. The maximum absolute atomic E-state index is 11.9. The number of nitrogens with zero attached hydrogens (tertiary/aromatic N) is 1. The Bertz CT molecular complexity index is 446. The quantitative estimate of drug-likeness (QED) is 0.818. The van der Waals surface area contributed by atoms with Crippen molar-refractivity contribution in [2.24, 2.45) is 0 Å². The van der Waals surface area contributed by atoms with Gasteiger partial charge in [-0.2, -0.15) is 0 Å². The zero-order valence-corrected chi connectivity index (χ0v) is 12.2. The average Bonchev–Trinajstić information content (AvgIpc) is 2.38. The lowest BCUT2D eigenvalue weighted by Crippen LogP contribution is -2.41. The smallest absolute Gasteiger partial charge is 0.239 e. The molecule has 0 aliphatic carbocycles. The lowest BCUT2D eigenvalue weighted by atomic mass is 10.1. The fraction of sp³-hybridized carbons (Fsp3) is 0.467. The van der Waals surface area contributed by atoms with Crippen LogP contribution >= 0.6 is 0 Å². The number of hydrogen-bond donors (Lipinski definition) is 2. The summed E-state index contributed by atoms with van der Waals surface area (Å²) >= 11 is 0. The van der Waals surface area contributed by atoms with Crippen LogP contribution in [0, 0.1) is 0 Å². The number of carbonyl (C=O) groups is 2. The van der Waals surface area contributed by atoms with E-state index in [1.165, 1.54) is 4.90 Å². The standard InChI is InChI=1S/C15H22N2O3/c1-11(2)16-14(19)10-17(3)15(20)9-13(18)12-7-5-4-6-8-12/h4-8,11,13,18H,9-10H2,1-3H3,(H,16,19). The Morgan fingerprint density at radius 1 is 1.25 bits per heavy atom. The van der Waals surface area contributed by atoms with Crippen LogP contribution in [0.3, 0.4) is 0 Å². The number of nitrogens with one attached hydrogen (secondary N) is 1. The highest BCUT2D eigenvalue weighted by atomic mass is 16.3. The lowest BCUT2D eigenvalue weighted by molar-refractivity contribution is -0.136. The molecule has 0 aliphatic heterocycles. The molecule has 1 atom stereocenters. The summed E-state index contributed by atoms with van der Waals surface area (Å²) in [4.78, 5) is 24.8. The molecule has 20 heavy (non-hydrogen) atoms. The van der Waals surface area contributed by atoms with E-state index < -0.39 is 6.10 Å². The third kappa shape index (κ3) is 5.40. The van der Waals surface area contributed by atoms with Crippen LogP contribution in [-0.4, -0.2) is 41.5 Å². The van der Waals surface area contributed by atoms with Crippen molar-refractivity contribution < 1.29 is 14.7 Å². The third-order valence-corrected chi connectivity index (χ3v) is 2.81. The van der Waals surface area contributed by atoms with E-state index in [1.807, 2.05) is 32.0 Å². The highest BCUT2D eigenvalue weighted by Crippen LogP contribution is 2.16. The van der Waals surface area contributed by atoms with Gasteiger partial charge in [-0.05, 0) is 19.4 Å². The molecule has 1 unspecified atom stereocenters. The molecule has 5 nitrogen and oxygen atoms in total. The third-order valence-electron chi connectivity index (χ3n) is 2.81. The van der Waals surface area contributed by atoms with Crippen LogP contribution in [0.5, 0.6) is 0 Å². The summed E-state index contributed by atoms with van der Waals surface area (Å²) in [6, 6.07) is 9.04. The highest BCUT2D eigenvalue weighted by Gasteiger charge is 2.18. The fourth-order valence-electron chi connectivity index (χ4n) is 1.79. The van der Waals surface area contributed by atoms with Gasteiger partial charge in [0, 0.05) is 13.1 Å². The SMILES string of the molecule is CC(C)NC(=O)CN(C)C(=O)CC(O)c1ccccc1. The number of aliphatic hydroxyl groups is 1. The molecule has 1 aromatic rings. The van der Waals surface area contributed by atoms with Gasteiger partial charge in [-0.15, -0.1) is 0 Å². The molecule has 0 fully saturated rings. The van der Waals surface area contributed by atoms with E-state index in [4.69, 9.17) is 0 Å². The van der Waals surface area contributed by atoms with Gasteiger partial charge in [-0.1, -0.05) is 30.3 Å². The Labute approximate surface area is 119 Å². The Morgan fingerprint density at radius 3 is 2.40 bits per heavy atom. The maximum Gasteiger partial charge on any atom is 0.239 e. The molecule has 2 N–H and O–H groups in total. The van der Waals surface area contributed by atoms with Crippen molar-refractivity contribution in [2.45, 2.75) is 32.4 Å². The molecular formula is C15H22N2O3. The summed E-state index contributed by atoms with van der Waals surface area (Å²) in [5.41, 5.74) is 0.695. The predicted molar refractivity (Wildman–Crippen MR) is 76.9 cm³/mol. The second kappa shape index (κ2) is 7.65. The Hall–Kier alpha value is -1.88. The minimum Gasteiger partial charge on any atom is -0.388 e. The van der Waals surface area contributed by atoms with Crippen molar-refractivity contribution in [1.29, 1.82) is 0 Å². The largest absolute Gasteiger partial charge is 0.388 e. The first-order chi connectivity index (χ1) is 9.40. The summed E-state index contributed by atoms with van der Waals surface area (Å²) in [7, 11) is 1.56. The first kappa shape index (κ1) is 16.2. The molecule has 5 heteroatoms. The van der Waals surface area contributed by atoms with E-state index in [2.05, 4.69) is 5.32 Å². The van der Waals surface area contributed by atoms with Crippen LogP contribution in [-0.2, 0) is 9.59 Å². The zero-order valence-electron chi connectivity index (χ0n) is 12.2. The number of aliphatic hydroxyl groups excluding tert-OH is 1. The molecule has 1 aromatic carbocycles. The zero-order chi connectivity index (χ0) is 15.1. The molecule has 0 saturated heterocycles. The molecule has 0 spiro atoms. The first-order valence-electron chi connectivity index (χ1n) is 6.66. The van der Waals surface area contributed by atoms with Crippen molar-refractivity contribution in [3.05, 3.63) is 35.9 Å². The average molecular weight is 278 g/mol. The van der Waals surface area contributed by atoms with Crippen molar-refractivity contribution >= 4 is 11.8 Å². The molecule has 0 saturated carbocycles. The minimum atomic E-state index is -0.848. The van der Waals surface area contributed by atoms with E-state index >= 15 is 0 Å². The van der Waals surface area contributed by atoms with Crippen molar-refractivity contribution in [1.82, 2.24) is 10.2 Å². The normalized spacial score (nSPS) is 12.1. The van der Waals surface area contributed by atoms with Gasteiger partial charge in [0.05, 0.1) is 19.1 Å². The van der Waals surface area contributed by atoms with Crippen LogP contribution in [0.25, 0.3) is 0 Å². The van der Waals surface area contributed by atoms with E-state index in [1.54, 1.807) is 19.2 Å². The Morgan fingerprint density at radius 2 is 1.85 bits per heavy atom. The van der Waals surface area contributed by atoms with Crippen molar-refractivity contribution in [2.75, 3.05) is 13.6 Å². The highest BCUT2D eigenvalue weighted by molar-refractivity contribution is 5.84. The van der Waals surface area contributed by atoms with Crippen LogP contribution in [0.4, 0.5) is 0 Å². The number of likely N-dealkylation sites (N-methyl/N-ethyl adjacent to an activating group) is 1. The maximum atomic E-state index is 11.9. The van der Waals surface area contributed by atoms with Crippen LogP contribution in [0.2, 0.25) is 0 Å². The number of amides is 2. The molecule has 110 valence electrons. The molecule has 0 radical (unpaired) electrons. The number of carbonyl (C=O) groups excluding carboxylic acids is 2. The fourth-order valence-corrected chi connectivity index (χ4v) is 1.79.